The molecule has 1 heterocycles. The molecule has 1 aromatic heterocycles. The van der Waals surface area contributed by atoms with Crippen molar-refractivity contribution in [1.29, 1.82) is 0 Å². The van der Waals surface area contributed by atoms with E-state index in [0.29, 0.717) is 0 Å². The SMILES string of the molecule is CCCCN(Cc1ccc(Br)cc1)Cc1c(-c2ccccc2)nc(-c2ccccc2)n1CCCC. The van der Waals surface area contributed by atoms with Crippen LogP contribution in [0.4, 0.5) is 0 Å². The Balaban J connectivity index is 1.78. The summed E-state index contributed by atoms with van der Waals surface area (Å²) in [6, 6.07) is 30.1. The van der Waals surface area contributed by atoms with Crippen LogP contribution < -0.4 is 0 Å². The molecule has 0 saturated heterocycles. The molecule has 35 heavy (non-hydrogen) atoms. The number of hydrogen-bond acceptors (Lipinski definition) is 2. The van der Waals surface area contributed by atoms with Crippen LogP contribution >= 0.6 is 15.9 Å². The topological polar surface area (TPSA) is 21.1 Å². The van der Waals surface area contributed by atoms with Gasteiger partial charge in [-0.2, -0.15) is 0 Å². The molecule has 0 unspecified atom stereocenters. The zero-order valence-electron chi connectivity index (χ0n) is 21.0. The minimum absolute atomic E-state index is 0.879. The van der Waals surface area contributed by atoms with Crippen LogP contribution in [0.5, 0.6) is 0 Å². The zero-order valence-corrected chi connectivity index (χ0v) is 22.5. The molecule has 3 nitrogen and oxygen atoms in total. The minimum Gasteiger partial charge on any atom is -0.326 e. The van der Waals surface area contributed by atoms with Crippen molar-refractivity contribution in [2.45, 2.75) is 59.2 Å². The van der Waals surface area contributed by atoms with Crippen molar-refractivity contribution >= 4 is 15.9 Å². The molecule has 4 heteroatoms. The molecule has 0 aliphatic rings. The average molecular weight is 531 g/mol. The summed E-state index contributed by atoms with van der Waals surface area (Å²) in [6.07, 6.45) is 4.67. The second-order valence-electron chi connectivity index (χ2n) is 9.16. The Kier molecular flexibility index (Phi) is 9.33. The highest BCUT2D eigenvalue weighted by atomic mass is 79.9. The Morgan fingerprint density at radius 2 is 1.37 bits per heavy atom. The van der Waals surface area contributed by atoms with E-state index in [4.69, 9.17) is 4.98 Å². The molecule has 3 aromatic carbocycles. The van der Waals surface area contributed by atoms with Crippen LogP contribution in [0.3, 0.4) is 0 Å². The second-order valence-corrected chi connectivity index (χ2v) is 10.1. The standard InChI is InChI=1S/C31H36BrN3/c1-3-5-21-34(23-25-17-19-28(32)20-18-25)24-29-30(26-13-9-7-10-14-26)33-31(35(29)22-6-4-2)27-15-11-8-12-16-27/h7-20H,3-6,21-24H2,1-2H3. The van der Waals surface area contributed by atoms with E-state index < -0.39 is 0 Å². The van der Waals surface area contributed by atoms with E-state index in [2.05, 4.69) is 124 Å². The molecule has 0 bridgehead atoms. The Bertz CT molecular complexity index is 1170. The first kappa shape index (κ1) is 25.4. The first-order valence-electron chi connectivity index (χ1n) is 12.9. The first-order valence-corrected chi connectivity index (χ1v) is 13.7. The van der Waals surface area contributed by atoms with Crippen LogP contribution in [0, 0.1) is 0 Å². The Morgan fingerprint density at radius 1 is 0.743 bits per heavy atom. The van der Waals surface area contributed by atoms with Crippen LogP contribution in [0.15, 0.2) is 89.4 Å². The van der Waals surface area contributed by atoms with E-state index in [1.54, 1.807) is 0 Å². The maximum Gasteiger partial charge on any atom is 0.140 e. The van der Waals surface area contributed by atoms with E-state index in [1.165, 1.54) is 35.2 Å². The van der Waals surface area contributed by atoms with Crippen LogP contribution in [-0.4, -0.2) is 21.0 Å². The van der Waals surface area contributed by atoms with Gasteiger partial charge in [-0.25, -0.2) is 4.98 Å². The van der Waals surface area contributed by atoms with E-state index in [-0.39, 0.29) is 0 Å². The summed E-state index contributed by atoms with van der Waals surface area (Å²) in [5.74, 6) is 1.08. The smallest absolute Gasteiger partial charge is 0.140 e. The minimum atomic E-state index is 0.879. The van der Waals surface area contributed by atoms with Crippen molar-refractivity contribution in [2.75, 3.05) is 6.54 Å². The van der Waals surface area contributed by atoms with Gasteiger partial charge in [-0.05, 0) is 37.1 Å². The summed E-state index contributed by atoms with van der Waals surface area (Å²) in [6.45, 7) is 8.39. The summed E-state index contributed by atoms with van der Waals surface area (Å²) in [7, 11) is 0. The maximum atomic E-state index is 5.29. The van der Waals surface area contributed by atoms with Crippen LogP contribution in [0.1, 0.15) is 50.8 Å². The second kappa shape index (κ2) is 12.9. The molecule has 0 fully saturated rings. The Labute approximate surface area is 219 Å². The highest BCUT2D eigenvalue weighted by Crippen LogP contribution is 2.31. The summed E-state index contributed by atoms with van der Waals surface area (Å²) < 4.78 is 3.61. The summed E-state index contributed by atoms with van der Waals surface area (Å²) in [4.78, 5) is 7.88. The highest BCUT2D eigenvalue weighted by Gasteiger charge is 2.21. The number of benzene rings is 3. The fraction of sp³-hybridized carbons (Fsp3) is 0.323. The van der Waals surface area contributed by atoms with E-state index in [1.807, 2.05) is 0 Å². The van der Waals surface area contributed by atoms with Gasteiger partial charge in [0.15, 0.2) is 0 Å². The number of imidazole rings is 1. The Hall–Kier alpha value is -2.69. The number of aromatic nitrogens is 2. The van der Waals surface area contributed by atoms with Gasteiger partial charge in [0, 0.05) is 35.2 Å². The predicted molar refractivity (Wildman–Crippen MR) is 151 cm³/mol. The Morgan fingerprint density at radius 3 is 2.00 bits per heavy atom. The molecule has 0 radical (unpaired) electrons. The van der Waals surface area contributed by atoms with Gasteiger partial charge in [0.05, 0.1) is 11.4 Å². The third-order valence-electron chi connectivity index (χ3n) is 6.41. The number of unbranched alkanes of at least 4 members (excludes halogenated alkanes) is 2. The van der Waals surface area contributed by atoms with Crippen LogP contribution in [0.2, 0.25) is 0 Å². The monoisotopic (exact) mass is 529 g/mol. The maximum absolute atomic E-state index is 5.29. The molecule has 4 aromatic rings. The van der Waals surface area contributed by atoms with E-state index >= 15 is 0 Å². The van der Waals surface area contributed by atoms with Crippen molar-refractivity contribution in [2.24, 2.45) is 0 Å². The molecule has 0 N–H and O–H groups in total. The quantitative estimate of drug-likeness (QED) is 0.183. The van der Waals surface area contributed by atoms with Gasteiger partial charge in [-0.15, -0.1) is 0 Å². The van der Waals surface area contributed by atoms with Gasteiger partial charge in [0.2, 0.25) is 0 Å². The van der Waals surface area contributed by atoms with Crippen molar-refractivity contribution in [3.8, 4) is 22.6 Å². The lowest BCUT2D eigenvalue weighted by molar-refractivity contribution is 0.246. The lowest BCUT2D eigenvalue weighted by Crippen LogP contribution is -2.26. The van der Waals surface area contributed by atoms with Gasteiger partial charge in [0.1, 0.15) is 5.82 Å². The molecule has 4 rings (SSSR count). The number of hydrogen-bond donors (Lipinski definition) is 0. The zero-order chi connectivity index (χ0) is 24.5. The average Bonchev–Trinajstić information content (AvgIpc) is 3.26. The van der Waals surface area contributed by atoms with E-state index in [0.717, 1.165) is 55.0 Å². The first-order chi connectivity index (χ1) is 17.2. The van der Waals surface area contributed by atoms with Gasteiger partial charge in [0.25, 0.3) is 0 Å². The fourth-order valence-electron chi connectivity index (χ4n) is 4.49. The normalized spacial score (nSPS) is 11.3. The fourth-order valence-corrected chi connectivity index (χ4v) is 4.76. The lowest BCUT2D eigenvalue weighted by Gasteiger charge is -2.24. The lowest BCUT2D eigenvalue weighted by atomic mass is 10.1. The number of halogens is 1. The van der Waals surface area contributed by atoms with E-state index in [9.17, 15) is 0 Å². The van der Waals surface area contributed by atoms with Crippen molar-refractivity contribution in [3.63, 3.8) is 0 Å². The molecule has 0 spiro atoms. The third kappa shape index (κ3) is 6.71. The van der Waals surface area contributed by atoms with Crippen molar-refractivity contribution in [1.82, 2.24) is 14.5 Å². The van der Waals surface area contributed by atoms with Crippen LogP contribution in [0.25, 0.3) is 22.6 Å². The molecule has 0 aliphatic carbocycles. The molecule has 182 valence electrons. The summed E-state index contributed by atoms with van der Waals surface area (Å²) in [5.41, 5.74) is 6.14. The summed E-state index contributed by atoms with van der Waals surface area (Å²) in [5, 5.41) is 0. The number of nitrogens with zero attached hydrogens (tertiary/aromatic N) is 3. The van der Waals surface area contributed by atoms with Gasteiger partial charge < -0.3 is 4.57 Å². The molecular formula is C31H36BrN3. The molecule has 0 saturated carbocycles. The van der Waals surface area contributed by atoms with Crippen LogP contribution in [-0.2, 0) is 19.6 Å². The largest absolute Gasteiger partial charge is 0.326 e. The van der Waals surface area contributed by atoms with Crippen molar-refractivity contribution < 1.29 is 0 Å². The molecule has 0 aliphatic heterocycles. The van der Waals surface area contributed by atoms with Gasteiger partial charge in [-0.1, -0.05) is 115 Å². The molecule has 0 amide bonds. The highest BCUT2D eigenvalue weighted by molar-refractivity contribution is 9.10. The number of rotatable bonds is 12. The summed E-state index contributed by atoms with van der Waals surface area (Å²) >= 11 is 3.58. The van der Waals surface area contributed by atoms with Gasteiger partial charge >= 0.3 is 0 Å². The molecular weight excluding hydrogens is 494 g/mol. The molecule has 0 atom stereocenters. The van der Waals surface area contributed by atoms with Crippen molar-refractivity contribution in [3.05, 3.63) is 101 Å². The third-order valence-corrected chi connectivity index (χ3v) is 6.94. The predicted octanol–water partition coefficient (Wildman–Crippen LogP) is 8.58. The van der Waals surface area contributed by atoms with Gasteiger partial charge in [-0.3, -0.25) is 4.90 Å².